The average Bonchev–Trinajstić information content (AvgIpc) is 2.55. The highest BCUT2D eigenvalue weighted by atomic mass is 14.9. The van der Waals surface area contributed by atoms with E-state index in [-0.39, 0.29) is 0 Å². The van der Waals surface area contributed by atoms with Gasteiger partial charge in [0.2, 0.25) is 0 Å². The van der Waals surface area contributed by atoms with E-state index < -0.39 is 0 Å². The fraction of sp³-hybridized carbons (Fsp3) is 1.00. The first-order valence-corrected chi connectivity index (χ1v) is 4.92. The summed E-state index contributed by atoms with van der Waals surface area (Å²) in [6, 6.07) is 0. The molecule has 2 fully saturated rings. The van der Waals surface area contributed by atoms with E-state index in [1.807, 2.05) is 0 Å². The Morgan fingerprint density at radius 2 is 1.82 bits per heavy atom. The highest BCUT2D eigenvalue weighted by molar-refractivity contribution is 5.30. The molecule has 0 aliphatic heterocycles. The zero-order chi connectivity index (χ0) is 8.49. The quantitative estimate of drug-likeness (QED) is 0.539. The number of hydrogen-bond acceptors (Lipinski definition) is 0. The Morgan fingerprint density at radius 1 is 1.27 bits per heavy atom. The number of hydrogen-bond donors (Lipinski definition) is 0. The van der Waals surface area contributed by atoms with Crippen LogP contribution in [0.15, 0.2) is 0 Å². The lowest BCUT2D eigenvalue weighted by atomic mass is 9.49. The first-order chi connectivity index (χ1) is 4.92. The lowest BCUT2D eigenvalue weighted by Crippen LogP contribution is -2.50. The van der Waals surface area contributed by atoms with Gasteiger partial charge in [-0.25, -0.2) is 0 Å². The van der Waals surface area contributed by atoms with Crippen molar-refractivity contribution in [2.24, 2.45) is 22.2 Å². The Hall–Kier alpha value is 0. The maximum atomic E-state index is 2.48. The Kier molecular flexibility index (Phi) is 1.06. The van der Waals surface area contributed by atoms with Gasteiger partial charge in [-0.3, -0.25) is 0 Å². The van der Waals surface area contributed by atoms with Crippen LogP contribution in [0.25, 0.3) is 0 Å². The molecule has 0 heterocycles. The number of rotatable bonds is 1. The fourth-order valence-electron chi connectivity index (χ4n) is 4.23. The minimum absolute atomic E-state index is 0.622. The molecular formula is C11H20. The highest BCUT2D eigenvalue weighted by Gasteiger charge is 2.82. The molecule has 0 radical (unpaired) electrons. The van der Waals surface area contributed by atoms with Crippen LogP contribution in [0.4, 0.5) is 0 Å². The summed E-state index contributed by atoms with van der Waals surface area (Å²) in [5, 5.41) is 0. The second-order valence-electron chi connectivity index (χ2n) is 5.47. The second kappa shape index (κ2) is 1.53. The van der Waals surface area contributed by atoms with E-state index in [0.717, 1.165) is 16.7 Å². The van der Waals surface area contributed by atoms with Gasteiger partial charge in [0.05, 0.1) is 0 Å². The molecule has 0 nitrogen and oxygen atoms in total. The normalized spacial score (nSPS) is 58.1. The molecule has 2 rings (SSSR count). The average molecular weight is 152 g/mol. The maximum absolute atomic E-state index is 2.48. The van der Waals surface area contributed by atoms with E-state index in [1.165, 1.54) is 12.8 Å². The van der Waals surface area contributed by atoms with Crippen LogP contribution in [0, 0.1) is 22.2 Å². The largest absolute Gasteiger partial charge is 0.0648 e. The summed E-state index contributed by atoms with van der Waals surface area (Å²) in [5.41, 5.74) is 2.08. The molecule has 64 valence electrons. The van der Waals surface area contributed by atoms with Crippen LogP contribution in [0.1, 0.15) is 47.5 Å². The summed E-state index contributed by atoms with van der Waals surface area (Å²) < 4.78 is 0. The van der Waals surface area contributed by atoms with Gasteiger partial charge in [-0.15, -0.1) is 0 Å². The van der Waals surface area contributed by atoms with Gasteiger partial charge in [0, 0.05) is 0 Å². The van der Waals surface area contributed by atoms with Crippen LogP contribution in [0.5, 0.6) is 0 Å². The van der Waals surface area contributed by atoms with Crippen LogP contribution in [0.3, 0.4) is 0 Å². The smallest absolute Gasteiger partial charge is 0.0184 e. The summed E-state index contributed by atoms with van der Waals surface area (Å²) >= 11 is 0. The topological polar surface area (TPSA) is 0 Å². The van der Waals surface area contributed by atoms with Gasteiger partial charge < -0.3 is 0 Å². The third kappa shape index (κ3) is 0.467. The molecule has 2 aliphatic carbocycles. The lowest BCUT2D eigenvalue weighted by Gasteiger charge is -2.56. The third-order valence-electron chi connectivity index (χ3n) is 5.51. The molecule has 3 unspecified atom stereocenters. The summed E-state index contributed by atoms with van der Waals surface area (Å²) in [4.78, 5) is 0. The minimum atomic E-state index is 0.622. The second-order valence-corrected chi connectivity index (χ2v) is 5.47. The highest BCUT2D eigenvalue weighted by Crippen LogP contribution is 2.89. The van der Waals surface area contributed by atoms with Gasteiger partial charge in [0.25, 0.3) is 0 Å². The number of fused-ring (bicyclic) bond motifs is 1. The van der Waals surface area contributed by atoms with Crippen molar-refractivity contribution in [3.05, 3.63) is 0 Å². The summed E-state index contributed by atoms with van der Waals surface area (Å²) in [6.07, 6.45) is 2.88. The SMILES string of the molecule is CCC12CC1(C)C(C)C2(C)C. The molecule has 0 heteroatoms. The first-order valence-electron chi connectivity index (χ1n) is 4.92. The van der Waals surface area contributed by atoms with Crippen molar-refractivity contribution < 1.29 is 0 Å². The van der Waals surface area contributed by atoms with Gasteiger partial charge >= 0.3 is 0 Å². The fourth-order valence-corrected chi connectivity index (χ4v) is 4.23. The van der Waals surface area contributed by atoms with E-state index in [9.17, 15) is 0 Å². The predicted octanol–water partition coefficient (Wildman–Crippen LogP) is 3.47. The Morgan fingerprint density at radius 3 is 2.00 bits per heavy atom. The van der Waals surface area contributed by atoms with Crippen molar-refractivity contribution in [2.45, 2.75) is 47.5 Å². The van der Waals surface area contributed by atoms with Crippen LogP contribution >= 0.6 is 0 Å². The molecule has 0 spiro atoms. The van der Waals surface area contributed by atoms with Crippen LogP contribution < -0.4 is 0 Å². The van der Waals surface area contributed by atoms with Gasteiger partial charge in [0.1, 0.15) is 0 Å². The van der Waals surface area contributed by atoms with E-state index in [1.54, 1.807) is 0 Å². The molecule has 2 aliphatic rings. The van der Waals surface area contributed by atoms with Crippen molar-refractivity contribution in [2.75, 3.05) is 0 Å². The van der Waals surface area contributed by atoms with Crippen molar-refractivity contribution in [1.29, 1.82) is 0 Å². The predicted molar refractivity (Wildman–Crippen MR) is 48.4 cm³/mol. The minimum Gasteiger partial charge on any atom is -0.0648 e. The summed E-state index contributed by atoms with van der Waals surface area (Å²) in [7, 11) is 0. The zero-order valence-corrected chi connectivity index (χ0v) is 8.49. The molecule has 0 aromatic heterocycles. The van der Waals surface area contributed by atoms with Crippen LogP contribution in [0.2, 0.25) is 0 Å². The third-order valence-corrected chi connectivity index (χ3v) is 5.51. The van der Waals surface area contributed by atoms with Gasteiger partial charge in [-0.2, -0.15) is 0 Å². The molecule has 3 atom stereocenters. The lowest BCUT2D eigenvalue weighted by molar-refractivity contribution is -0.0790. The summed E-state index contributed by atoms with van der Waals surface area (Å²) in [5.74, 6) is 0.940. The van der Waals surface area contributed by atoms with Crippen LogP contribution in [-0.4, -0.2) is 0 Å². The summed E-state index contributed by atoms with van der Waals surface area (Å²) in [6.45, 7) is 12.2. The van der Waals surface area contributed by atoms with E-state index in [0.29, 0.717) is 5.41 Å². The molecule has 0 amide bonds. The standard InChI is InChI=1S/C11H20/c1-6-11-7-10(11,5)8(2)9(11,3)4/h8H,6-7H2,1-5H3. The monoisotopic (exact) mass is 152 g/mol. The van der Waals surface area contributed by atoms with Crippen molar-refractivity contribution in [1.82, 2.24) is 0 Å². The van der Waals surface area contributed by atoms with Crippen molar-refractivity contribution >= 4 is 0 Å². The Bertz CT molecular complexity index is 204. The Balaban J connectivity index is 2.31. The van der Waals surface area contributed by atoms with Gasteiger partial charge in [-0.1, -0.05) is 34.6 Å². The molecule has 0 N–H and O–H groups in total. The van der Waals surface area contributed by atoms with Crippen molar-refractivity contribution in [3.8, 4) is 0 Å². The van der Waals surface area contributed by atoms with E-state index in [4.69, 9.17) is 0 Å². The zero-order valence-electron chi connectivity index (χ0n) is 8.49. The molecule has 0 saturated heterocycles. The van der Waals surface area contributed by atoms with Gasteiger partial charge in [-0.05, 0) is 35.0 Å². The molecular weight excluding hydrogens is 132 g/mol. The molecule has 0 aromatic carbocycles. The van der Waals surface area contributed by atoms with Crippen molar-refractivity contribution in [3.63, 3.8) is 0 Å². The molecule has 11 heavy (non-hydrogen) atoms. The van der Waals surface area contributed by atoms with Gasteiger partial charge in [0.15, 0.2) is 0 Å². The van der Waals surface area contributed by atoms with Crippen LogP contribution in [-0.2, 0) is 0 Å². The Labute approximate surface area is 70.4 Å². The van der Waals surface area contributed by atoms with E-state index in [2.05, 4.69) is 34.6 Å². The first kappa shape index (κ1) is 7.64. The molecule has 0 bridgehead atoms. The molecule has 2 saturated carbocycles. The molecule has 0 aromatic rings. The maximum Gasteiger partial charge on any atom is -0.0184 e. The van der Waals surface area contributed by atoms with E-state index >= 15 is 0 Å².